The summed E-state index contributed by atoms with van der Waals surface area (Å²) in [5.41, 5.74) is -0.909. The molecule has 1 rings (SSSR count). The van der Waals surface area contributed by atoms with Crippen LogP contribution in [0.2, 0.25) is 0 Å². The van der Waals surface area contributed by atoms with E-state index in [1.165, 1.54) is 0 Å². The van der Waals surface area contributed by atoms with Gasteiger partial charge in [-0.05, 0) is 20.8 Å². The summed E-state index contributed by atoms with van der Waals surface area (Å²) in [6.07, 6.45) is 0. The highest BCUT2D eigenvalue weighted by molar-refractivity contribution is 7.99. The lowest BCUT2D eigenvalue weighted by atomic mass is 9.94. The van der Waals surface area contributed by atoms with Crippen LogP contribution >= 0.6 is 11.8 Å². The van der Waals surface area contributed by atoms with Gasteiger partial charge in [0, 0.05) is 4.75 Å². The Labute approximate surface area is 118 Å². The van der Waals surface area contributed by atoms with Gasteiger partial charge in [-0.15, -0.1) is 11.8 Å². The minimum atomic E-state index is -0.909. The Morgan fingerprint density at radius 2 is 1.95 bits per heavy atom. The van der Waals surface area contributed by atoms with Crippen molar-refractivity contribution in [2.24, 2.45) is 0 Å². The molecule has 1 heterocycles. The number of carbonyl (C=O) groups is 1. The van der Waals surface area contributed by atoms with Crippen molar-refractivity contribution in [2.75, 3.05) is 6.61 Å². The summed E-state index contributed by atoms with van der Waals surface area (Å²) in [6, 6.07) is 0. The average molecular weight is 286 g/mol. The molecule has 0 saturated carbocycles. The molecule has 0 aliphatic carbocycles. The van der Waals surface area contributed by atoms with Gasteiger partial charge >= 0.3 is 5.97 Å². The Hall–Kier alpha value is -1.04. The predicted molar refractivity (Wildman–Crippen MR) is 75.0 cm³/mol. The molecular formula is C13H22N2O3S. The third-order valence-electron chi connectivity index (χ3n) is 2.42. The fraction of sp³-hybridized carbons (Fsp3) is 0.769. The number of rotatable bonds is 5. The number of ether oxygens (including phenoxy) is 1. The highest BCUT2D eigenvalue weighted by Gasteiger charge is 2.37. The quantitative estimate of drug-likeness (QED) is 0.775. The first-order chi connectivity index (χ1) is 8.66. The molecule has 19 heavy (non-hydrogen) atoms. The molecule has 0 fully saturated rings. The van der Waals surface area contributed by atoms with Crippen LogP contribution in [0.1, 0.15) is 53.3 Å². The van der Waals surface area contributed by atoms with E-state index in [2.05, 4.69) is 30.9 Å². The molecular weight excluding hydrogens is 264 g/mol. The number of hydrogen-bond donors (Lipinski definition) is 0. The first kappa shape index (κ1) is 16.0. The molecule has 0 N–H and O–H groups in total. The Morgan fingerprint density at radius 3 is 2.47 bits per heavy atom. The summed E-state index contributed by atoms with van der Waals surface area (Å²) in [5, 5.41) is 3.91. The maximum absolute atomic E-state index is 11.8. The van der Waals surface area contributed by atoms with E-state index in [0.717, 1.165) is 0 Å². The van der Waals surface area contributed by atoms with Crippen molar-refractivity contribution < 1.29 is 14.1 Å². The van der Waals surface area contributed by atoms with Crippen LogP contribution in [0.25, 0.3) is 0 Å². The number of aromatic nitrogens is 2. The van der Waals surface area contributed by atoms with Gasteiger partial charge in [-0.25, -0.2) is 0 Å². The molecule has 0 aromatic carbocycles. The van der Waals surface area contributed by atoms with E-state index >= 15 is 0 Å². The zero-order valence-corrected chi connectivity index (χ0v) is 13.3. The summed E-state index contributed by atoms with van der Waals surface area (Å²) >= 11 is 1.73. The summed E-state index contributed by atoms with van der Waals surface area (Å²) in [6.45, 7) is 11.9. The number of thioether (sulfide) groups is 1. The maximum atomic E-state index is 11.8. The molecule has 5 nitrogen and oxygen atoms in total. The Kier molecular flexibility index (Phi) is 5.01. The average Bonchev–Trinajstić information content (AvgIpc) is 2.75. The lowest BCUT2D eigenvalue weighted by Crippen LogP contribution is -2.31. The molecule has 0 saturated heterocycles. The Bertz CT molecular complexity index is 435. The molecule has 0 bridgehead atoms. The van der Waals surface area contributed by atoms with Crippen molar-refractivity contribution >= 4 is 17.7 Å². The van der Waals surface area contributed by atoms with Crippen molar-refractivity contribution in [3.8, 4) is 0 Å². The van der Waals surface area contributed by atoms with Crippen molar-refractivity contribution in [1.29, 1.82) is 0 Å². The van der Waals surface area contributed by atoms with E-state index in [9.17, 15) is 4.79 Å². The summed E-state index contributed by atoms with van der Waals surface area (Å²) in [7, 11) is 0. The van der Waals surface area contributed by atoms with Crippen molar-refractivity contribution in [3.05, 3.63) is 11.7 Å². The van der Waals surface area contributed by atoms with E-state index in [0.29, 0.717) is 24.1 Å². The Morgan fingerprint density at radius 1 is 1.32 bits per heavy atom. The van der Waals surface area contributed by atoms with E-state index < -0.39 is 5.41 Å². The SMILES string of the molecule is CCOC(=O)C(C)(C)c1nc(CSC(C)(C)C)no1. The van der Waals surface area contributed by atoms with E-state index in [4.69, 9.17) is 9.26 Å². The molecule has 1 aromatic heterocycles. The van der Waals surface area contributed by atoms with Crippen LogP contribution in [0.3, 0.4) is 0 Å². The third-order valence-corrected chi connectivity index (χ3v) is 3.69. The summed E-state index contributed by atoms with van der Waals surface area (Å²) in [5.74, 6) is 1.21. The third kappa shape index (κ3) is 4.53. The van der Waals surface area contributed by atoms with Gasteiger partial charge in [-0.2, -0.15) is 4.98 Å². The summed E-state index contributed by atoms with van der Waals surface area (Å²) < 4.78 is 10.3. The fourth-order valence-corrected chi connectivity index (χ4v) is 1.93. The lowest BCUT2D eigenvalue weighted by Gasteiger charge is -2.17. The first-order valence-electron chi connectivity index (χ1n) is 6.31. The monoisotopic (exact) mass is 286 g/mol. The van der Waals surface area contributed by atoms with Crippen LogP contribution < -0.4 is 0 Å². The second kappa shape index (κ2) is 5.94. The van der Waals surface area contributed by atoms with Gasteiger partial charge in [0.05, 0.1) is 12.4 Å². The molecule has 0 atom stereocenters. The highest BCUT2D eigenvalue weighted by Crippen LogP contribution is 2.28. The molecule has 0 aliphatic heterocycles. The van der Waals surface area contributed by atoms with Crippen LogP contribution in [0, 0.1) is 0 Å². The second-order valence-electron chi connectivity index (χ2n) is 5.76. The van der Waals surface area contributed by atoms with Gasteiger partial charge in [0.25, 0.3) is 0 Å². The molecule has 1 aromatic rings. The van der Waals surface area contributed by atoms with Crippen LogP contribution in [-0.4, -0.2) is 27.5 Å². The molecule has 108 valence electrons. The van der Waals surface area contributed by atoms with Gasteiger partial charge in [0.2, 0.25) is 5.89 Å². The zero-order chi connectivity index (χ0) is 14.7. The molecule has 0 amide bonds. The lowest BCUT2D eigenvalue weighted by molar-refractivity contribution is -0.149. The van der Waals surface area contributed by atoms with E-state index in [1.54, 1.807) is 32.5 Å². The van der Waals surface area contributed by atoms with Crippen LogP contribution in [-0.2, 0) is 20.7 Å². The van der Waals surface area contributed by atoms with Gasteiger partial charge in [0.15, 0.2) is 5.82 Å². The van der Waals surface area contributed by atoms with Crippen LogP contribution in [0.4, 0.5) is 0 Å². The van der Waals surface area contributed by atoms with Gasteiger partial charge in [-0.3, -0.25) is 4.79 Å². The van der Waals surface area contributed by atoms with Gasteiger partial charge in [-0.1, -0.05) is 25.9 Å². The maximum Gasteiger partial charge on any atom is 0.321 e. The minimum Gasteiger partial charge on any atom is -0.465 e. The fourth-order valence-electron chi connectivity index (χ4n) is 1.25. The normalized spacial score (nSPS) is 12.5. The number of carbonyl (C=O) groups excluding carboxylic acids is 1. The highest BCUT2D eigenvalue weighted by atomic mass is 32.2. The van der Waals surface area contributed by atoms with E-state index in [1.807, 2.05) is 0 Å². The minimum absolute atomic E-state index is 0.136. The predicted octanol–water partition coefficient (Wildman–Crippen LogP) is 2.94. The van der Waals surface area contributed by atoms with Gasteiger partial charge in [0.1, 0.15) is 5.41 Å². The van der Waals surface area contributed by atoms with E-state index in [-0.39, 0.29) is 10.7 Å². The Balaban J connectivity index is 2.76. The zero-order valence-electron chi connectivity index (χ0n) is 12.4. The van der Waals surface area contributed by atoms with Crippen molar-refractivity contribution in [3.63, 3.8) is 0 Å². The molecule has 6 heteroatoms. The number of esters is 1. The number of hydrogen-bond acceptors (Lipinski definition) is 6. The summed E-state index contributed by atoms with van der Waals surface area (Å²) in [4.78, 5) is 16.1. The largest absolute Gasteiger partial charge is 0.465 e. The standard InChI is InChI=1S/C13H22N2O3S/c1-7-17-11(16)13(5,6)10-14-9(15-18-10)8-19-12(2,3)4/h7-8H2,1-6H3. The topological polar surface area (TPSA) is 65.2 Å². The first-order valence-corrected chi connectivity index (χ1v) is 7.29. The van der Waals surface area contributed by atoms with Crippen molar-refractivity contribution in [2.45, 2.75) is 57.5 Å². The smallest absolute Gasteiger partial charge is 0.321 e. The molecule has 0 aliphatic rings. The molecule has 0 unspecified atom stereocenters. The van der Waals surface area contributed by atoms with Crippen molar-refractivity contribution in [1.82, 2.24) is 10.1 Å². The van der Waals surface area contributed by atoms with Gasteiger partial charge < -0.3 is 9.26 Å². The second-order valence-corrected chi connectivity index (χ2v) is 7.56. The number of nitrogens with zero attached hydrogens (tertiary/aromatic N) is 2. The molecule has 0 spiro atoms. The molecule has 0 radical (unpaired) electrons. The van der Waals surface area contributed by atoms with Crippen LogP contribution in [0.15, 0.2) is 4.52 Å². The van der Waals surface area contributed by atoms with Crippen LogP contribution in [0.5, 0.6) is 0 Å².